The third kappa shape index (κ3) is 5.13. The first-order chi connectivity index (χ1) is 17.5. The molecule has 3 aromatic rings. The number of carboxylic acid groups (broad SMARTS) is 1. The van der Waals surface area contributed by atoms with Crippen molar-refractivity contribution in [2.45, 2.75) is 25.4 Å². The number of aryl methyl sites for hydroxylation is 1. The first kappa shape index (κ1) is 24.4. The van der Waals surface area contributed by atoms with Crippen molar-refractivity contribution in [2.24, 2.45) is 0 Å². The van der Waals surface area contributed by atoms with Crippen LogP contribution < -0.4 is 5.32 Å². The van der Waals surface area contributed by atoms with Crippen molar-refractivity contribution in [3.05, 3.63) is 77.3 Å². The van der Waals surface area contributed by atoms with Gasteiger partial charge in [0, 0.05) is 37.9 Å². The highest BCUT2D eigenvalue weighted by atomic mass is 32.1. The second-order valence-corrected chi connectivity index (χ2v) is 9.55. The SMILES string of the molecule is Cc1cc(C(=O)O)ccc1-c1ccc([C@H]2[C@@H](c3ccccn3)NC(=S)N2CCCN2CCOCC2)o1. The van der Waals surface area contributed by atoms with Gasteiger partial charge in [-0.1, -0.05) is 12.1 Å². The molecule has 2 saturated heterocycles. The lowest BCUT2D eigenvalue weighted by atomic mass is 10.0. The minimum Gasteiger partial charge on any atom is -0.478 e. The lowest BCUT2D eigenvalue weighted by molar-refractivity contribution is 0.0365. The number of carbonyl (C=O) groups is 1. The number of nitrogens with zero attached hydrogens (tertiary/aromatic N) is 3. The zero-order chi connectivity index (χ0) is 25.1. The second kappa shape index (κ2) is 10.8. The van der Waals surface area contributed by atoms with Crippen LogP contribution in [0.25, 0.3) is 11.3 Å². The average Bonchev–Trinajstić information content (AvgIpc) is 3.50. The van der Waals surface area contributed by atoms with Gasteiger partial charge in [0.15, 0.2) is 5.11 Å². The predicted octanol–water partition coefficient (Wildman–Crippen LogP) is 4.04. The van der Waals surface area contributed by atoms with Gasteiger partial charge in [0.1, 0.15) is 17.6 Å². The topological polar surface area (TPSA) is 91.1 Å². The zero-order valence-electron chi connectivity index (χ0n) is 20.2. The molecule has 0 unspecified atom stereocenters. The van der Waals surface area contributed by atoms with Crippen molar-refractivity contribution in [1.82, 2.24) is 20.1 Å². The van der Waals surface area contributed by atoms with Crippen LogP contribution in [0.3, 0.4) is 0 Å². The van der Waals surface area contributed by atoms with Crippen LogP contribution in [0.4, 0.5) is 0 Å². The van der Waals surface area contributed by atoms with E-state index in [0.717, 1.165) is 68.4 Å². The van der Waals surface area contributed by atoms with Crippen molar-refractivity contribution < 1.29 is 19.1 Å². The number of thiocarbonyl (C=S) groups is 1. The van der Waals surface area contributed by atoms with Crippen LogP contribution >= 0.6 is 12.2 Å². The summed E-state index contributed by atoms with van der Waals surface area (Å²) in [5, 5.41) is 13.5. The van der Waals surface area contributed by atoms with Crippen LogP contribution in [-0.2, 0) is 4.74 Å². The molecule has 0 bridgehead atoms. The summed E-state index contributed by atoms with van der Waals surface area (Å²) in [7, 11) is 0. The summed E-state index contributed by atoms with van der Waals surface area (Å²) in [6, 6.07) is 14.6. The molecule has 2 atom stereocenters. The fourth-order valence-electron chi connectivity index (χ4n) is 4.97. The van der Waals surface area contributed by atoms with E-state index in [1.54, 1.807) is 24.4 Å². The Morgan fingerprint density at radius 2 is 2.00 bits per heavy atom. The van der Waals surface area contributed by atoms with Gasteiger partial charge >= 0.3 is 5.97 Å². The van der Waals surface area contributed by atoms with E-state index in [1.165, 1.54) is 0 Å². The minimum absolute atomic E-state index is 0.142. The molecule has 2 fully saturated rings. The Bertz CT molecular complexity index is 1230. The molecule has 2 aliphatic rings. The van der Waals surface area contributed by atoms with Crippen molar-refractivity contribution in [2.75, 3.05) is 39.4 Å². The summed E-state index contributed by atoms with van der Waals surface area (Å²) in [5.41, 5.74) is 2.88. The van der Waals surface area contributed by atoms with Gasteiger partial charge in [0.25, 0.3) is 0 Å². The average molecular weight is 507 g/mol. The van der Waals surface area contributed by atoms with Gasteiger partial charge in [-0.2, -0.15) is 0 Å². The van der Waals surface area contributed by atoms with Gasteiger partial charge in [-0.05, 0) is 67.5 Å². The largest absolute Gasteiger partial charge is 0.478 e. The highest BCUT2D eigenvalue weighted by molar-refractivity contribution is 7.80. The fourth-order valence-corrected chi connectivity index (χ4v) is 5.31. The van der Waals surface area contributed by atoms with Crippen LogP contribution in [0.5, 0.6) is 0 Å². The lowest BCUT2D eigenvalue weighted by Crippen LogP contribution is -2.38. The molecule has 36 heavy (non-hydrogen) atoms. The van der Waals surface area contributed by atoms with E-state index in [-0.39, 0.29) is 17.6 Å². The lowest BCUT2D eigenvalue weighted by Gasteiger charge is -2.29. The molecular weight excluding hydrogens is 476 g/mol. The number of aromatic nitrogens is 1. The number of furan rings is 1. The molecule has 5 rings (SSSR count). The zero-order valence-corrected chi connectivity index (χ0v) is 21.0. The smallest absolute Gasteiger partial charge is 0.335 e. The molecule has 0 aliphatic carbocycles. The summed E-state index contributed by atoms with van der Waals surface area (Å²) in [6.07, 6.45) is 2.76. The number of pyridine rings is 1. The van der Waals surface area contributed by atoms with Crippen LogP contribution in [0, 0.1) is 6.92 Å². The molecule has 0 spiro atoms. The number of hydrogen-bond donors (Lipinski definition) is 2. The molecule has 8 nitrogen and oxygen atoms in total. The molecule has 0 saturated carbocycles. The van der Waals surface area contributed by atoms with Crippen molar-refractivity contribution >= 4 is 23.3 Å². The normalized spacial score (nSPS) is 20.5. The van der Waals surface area contributed by atoms with Crippen LogP contribution in [0.1, 0.15) is 45.9 Å². The summed E-state index contributed by atoms with van der Waals surface area (Å²) in [6.45, 7) is 7.17. The third-order valence-corrected chi connectivity index (χ3v) is 7.18. The van der Waals surface area contributed by atoms with Gasteiger partial charge in [-0.3, -0.25) is 9.88 Å². The van der Waals surface area contributed by atoms with Gasteiger partial charge in [0.05, 0.1) is 30.5 Å². The van der Waals surface area contributed by atoms with E-state index < -0.39 is 5.97 Å². The van der Waals surface area contributed by atoms with E-state index in [2.05, 4.69) is 20.1 Å². The number of hydrogen-bond acceptors (Lipinski definition) is 6. The second-order valence-electron chi connectivity index (χ2n) is 9.16. The van der Waals surface area contributed by atoms with Crippen LogP contribution in [0.2, 0.25) is 0 Å². The third-order valence-electron chi connectivity index (χ3n) is 6.83. The van der Waals surface area contributed by atoms with E-state index in [4.69, 9.17) is 21.4 Å². The predicted molar refractivity (Wildman–Crippen MR) is 140 cm³/mol. The van der Waals surface area contributed by atoms with Crippen molar-refractivity contribution in [3.63, 3.8) is 0 Å². The van der Waals surface area contributed by atoms with Crippen LogP contribution in [-0.4, -0.2) is 70.4 Å². The molecule has 0 radical (unpaired) electrons. The molecule has 4 heterocycles. The maximum atomic E-state index is 11.3. The Kier molecular flexibility index (Phi) is 7.31. The Balaban J connectivity index is 1.41. The van der Waals surface area contributed by atoms with Crippen molar-refractivity contribution in [3.8, 4) is 11.3 Å². The van der Waals surface area contributed by atoms with Gasteiger partial charge < -0.3 is 24.5 Å². The number of carboxylic acids is 1. The summed E-state index contributed by atoms with van der Waals surface area (Å²) in [5.74, 6) is 0.549. The van der Waals surface area contributed by atoms with Crippen LogP contribution in [0.15, 0.2) is 59.1 Å². The summed E-state index contributed by atoms with van der Waals surface area (Å²) in [4.78, 5) is 20.6. The van der Waals surface area contributed by atoms with E-state index in [1.807, 2.05) is 37.3 Å². The number of morpholine rings is 1. The van der Waals surface area contributed by atoms with E-state index in [0.29, 0.717) is 10.9 Å². The molecule has 188 valence electrons. The molecule has 2 N–H and O–H groups in total. The standard InChI is InChI=1S/C27H30N4O4S/c1-18-17-19(26(32)33)6-7-20(18)22-8-9-23(35-22)25-24(21-5-2-3-10-28-21)29-27(36)31(25)12-4-11-30-13-15-34-16-14-30/h2-3,5-10,17,24-25H,4,11-16H2,1H3,(H,29,36)(H,32,33)/t24-,25+/m1/s1. The fraction of sp³-hybridized carbons (Fsp3) is 0.370. The summed E-state index contributed by atoms with van der Waals surface area (Å²) < 4.78 is 11.9. The molecule has 2 aromatic heterocycles. The quantitative estimate of drug-likeness (QED) is 0.439. The van der Waals surface area contributed by atoms with Crippen molar-refractivity contribution in [1.29, 1.82) is 0 Å². The highest BCUT2D eigenvalue weighted by Crippen LogP contribution is 2.40. The minimum atomic E-state index is -0.943. The molecule has 2 aliphatic heterocycles. The monoisotopic (exact) mass is 506 g/mol. The Labute approximate surface area is 215 Å². The first-order valence-electron chi connectivity index (χ1n) is 12.2. The Hall–Kier alpha value is -3.27. The van der Waals surface area contributed by atoms with Gasteiger partial charge in [-0.15, -0.1) is 0 Å². The molecule has 0 amide bonds. The number of nitrogens with one attached hydrogen (secondary N) is 1. The maximum absolute atomic E-state index is 11.3. The Morgan fingerprint density at radius 1 is 1.17 bits per heavy atom. The number of aromatic carboxylic acids is 1. The number of rotatable bonds is 8. The van der Waals surface area contributed by atoms with Gasteiger partial charge in [-0.25, -0.2) is 4.79 Å². The highest BCUT2D eigenvalue weighted by Gasteiger charge is 2.41. The Morgan fingerprint density at radius 3 is 2.72 bits per heavy atom. The number of ether oxygens (including phenoxy) is 1. The number of benzene rings is 1. The van der Waals surface area contributed by atoms with E-state index >= 15 is 0 Å². The first-order valence-corrected chi connectivity index (χ1v) is 12.6. The van der Waals surface area contributed by atoms with Gasteiger partial charge in [0.2, 0.25) is 0 Å². The van der Waals surface area contributed by atoms with E-state index in [9.17, 15) is 9.90 Å². The maximum Gasteiger partial charge on any atom is 0.335 e. The molecule has 9 heteroatoms. The molecular formula is C27H30N4O4S. The summed E-state index contributed by atoms with van der Waals surface area (Å²) >= 11 is 5.78. The molecule has 1 aromatic carbocycles.